The van der Waals surface area contributed by atoms with Gasteiger partial charge in [0.15, 0.2) is 11.4 Å². The minimum absolute atomic E-state index is 0.0881. The van der Waals surface area contributed by atoms with Crippen LogP contribution in [0.5, 0.6) is 17.2 Å². The van der Waals surface area contributed by atoms with E-state index in [-0.39, 0.29) is 11.7 Å². The molecule has 2 spiro atoms. The number of benzene rings is 22. The molecule has 22 aromatic carbocycles. The van der Waals surface area contributed by atoms with E-state index in [0.717, 1.165) is 52.1 Å². The molecule has 5 heterocycles. The van der Waals surface area contributed by atoms with Crippen molar-refractivity contribution in [2.45, 2.75) is 42.5 Å². The molecule has 0 amide bonds. The van der Waals surface area contributed by atoms with Gasteiger partial charge in [-0.25, -0.2) is 4.98 Å². The zero-order valence-corrected chi connectivity index (χ0v) is 84.1. The molecule has 1 radical (unpaired) electrons. The normalized spacial score (nSPS) is 14.7. The van der Waals surface area contributed by atoms with E-state index in [1.165, 1.54) is 203 Å². The Bertz CT molecular complexity index is 9510. The largest absolute Gasteiger partial charge is 0.881 e. The molecule has 150 heavy (non-hydrogen) atoms. The molecule has 2 atom stereocenters. The van der Waals surface area contributed by atoms with E-state index >= 15 is 4.79 Å². The van der Waals surface area contributed by atoms with Crippen molar-refractivity contribution in [3.8, 4) is 106 Å². The molecule has 0 saturated carbocycles. The minimum Gasteiger partial charge on any atom is -0.616 e. The SMILES string of the molecule is CN1c2ccccc2N2c3ccccc3CC12.O=C(C1=CCC2C(=C1)C1(c3ccccc3-c3ccccc31)c1ccccc12)c1ccc2c(c1)C1(c3ccccc3-c3ccccc31)c1ccccc1-2.c1cc(-c2ccc3cc(-c4ccc5ccccc5c4)ccc3c2)cc(-c2cc3ccccc3c3ccccc23)c1.c1ccc([O][Al][O]c2ccccc2-c2nc3ccccc3o2)cc1.c1ccc2c(c1)OC[n+]1c-2sc2ccccc21. The van der Waals surface area contributed by atoms with Crippen LogP contribution in [0.1, 0.15) is 72.8 Å². The number of carbonyl (C=O) groups excluding carboxylic acids is 1. The van der Waals surface area contributed by atoms with Crippen LogP contribution in [0.4, 0.5) is 17.1 Å². The van der Waals surface area contributed by atoms with E-state index in [2.05, 4.69) is 445 Å². The molecular formula is C139H95AlN4O5S+. The number of para-hydroxylation sites is 9. The predicted molar refractivity (Wildman–Crippen MR) is 613 cm³/mol. The van der Waals surface area contributed by atoms with Crippen LogP contribution in [0.3, 0.4) is 0 Å². The molecule has 24 aromatic rings. The number of nitrogens with zero attached hydrogens (tertiary/aromatic N) is 4. The van der Waals surface area contributed by atoms with Crippen LogP contribution < -0.4 is 26.7 Å². The number of anilines is 3. The van der Waals surface area contributed by atoms with Crippen LogP contribution in [0, 0.1) is 0 Å². The first-order valence-electron chi connectivity index (χ1n) is 51.4. The summed E-state index contributed by atoms with van der Waals surface area (Å²) in [6, 6.07) is 176. The number of Topliss-reactive ketones (excluding diaryl/α,β-unsaturated/α-hetero) is 1. The van der Waals surface area contributed by atoms with E-state index in [1.54, 1.807) is 0 Å². The maximum Gasteiger partial charge on any atom is 0.881 e. The van der Waals surface area contributed by atoms with Gasteiger partial charge < -0.3 is 26.5 Å². The van der Waals surface area contributed by atoms with Gasteiger partial charge in [0.05, 0.1) is 44.8 Å². The number of carbonyl (C=O) groups is 1. The number of hydrogen-bond acceptors (Lipinski definition) is 9. The van der Waals surface area contributed by atoms with Crippen molar-refractivity contribution < 1.29 is 26.1 Å². The highest BCUT2D eigenvalue weighted by molar-refractivity contribution is 7.21. The smallest absolute Gasteiger partial charge is 0.616 e. The van der Waals surface area contributed by atoms with Gasteiger partial charge in [-0.1, -0.05) is 400 Å². The monoisotopic (exact) mass is 1960 g/mol. The highest BCUT2D eigenvalue weighted by atomic mass is 32.1. The van der Waals surface area contributed by atoms with Gasteiger partial charge in [0.25, 0.3) is 11.7 Å². The number of likely N-dealkylation sites (N-methyl/N-ethyl adjacent to an activating group) is 1. The van der Waals surface area contributed by atoms with Gasteiger partial charge in [0.1, 0.15) is 22.1 Å². The molecule has 0 saturated heterocycles. The molecule has 2 aromatic heterocycles. The van der Waals surface area contributed by atoms with E-state index in [0.29, 0.717) is 24.5 Å². The summed E-state index contributed by atoms with van der Waals surface area (Å²) in [7, 11) is 2.19. The first-order chi connectivity index (χ1) is 74.2. The van der Waals surface area contributed by atoms with Gasteiger partial charge in [-0.15, -0.1) is 4.57 Å². The van der Waals surface area contributed by atoms with E-state index in [1.807, 2.05) is 102 Å². The third-order valence-electron chi connectivity index (χ3n) is 31.6. The topological polar surface area (TPSA) is 81.2 Å². The lowest BCUT2D eigenvalue weighted by Gasteiger charge is -2.33. The Balaban J connectivity index is 0.0000000967. The highest BCUT2D eigenvalue weighted by Gasteiger charge is 2.56. The Kier molecular flexibility index (Phi) is 22.2. The second-order valence-corrected chi connectivity index (χ2v) is 41.2. The van der Waals surface area contributed by atoms with Crippen molar-refractivity contribution in [1.82, 2.24) is 4.98 Å². The Hall–Kier alpha value is -18.1. The number of thiazole rings is 1. The third-order valence-corrected chi connectivity index (χ3v) is 33.5. The van der Waals surface area contributed by atoms with E-state index < -0.39 is 26.7 Å². The van der Waals surface area contributed by atoms with Crippen LogP contribution >= 0.6 is 11.3 Å². The van der Waals surface area contributed by atoms with E-state index in [9.17, 15) is 0 Å². The fourth-order valence-corrected chi connectivity index (χ4v) is 26.7. The summed E-state index contributed by atoms with van der Waals surface area (Å²) in [6.45, 7) is 0.608. The average Bonchev–Trinajstić information content (AvgIpc) is 1.51. The zero-order valence-electron chi connectivity index (χ0n) is 82.1. The molecule has 0 N–H and O–H groups in total. The second kappa shape index (κ2) is 37.1. The molecule has 0 bridgehead atoms. The summed E-state index contributed by atoms with van der Waals surface area (Å²) in [4.78, 5) is 24.4. The van der Waals surface area contributed by atoms with Gasteiger partial charge in [0, 0.05) is 42.3 Å². The number of hydrogen-bond donors (Lipinski definition) is 0. The summed E-state index contributed by atoms with van der Waals surface area (Å²) in [5.41, 5.74) is 37.8. The Labute approximate surface area is 880 Å². The van der Waals surface area contributed by atoms with Gasteiger partial charge >= 0.3 is 15.9 Å². The lowest BCUT2D eigenvalue weighted by molar-refractivity contribution is -0.689. The number of allylic oxidation sites excluding steroid dienone is 4. The summed E-state index contributed by atoms with van der Waals surface area (Å²) in [5.74, 6) is 3.34. The Morgan fingerprint density at radius 2 is 0.907 bits per heavy atom. The van der Waals surface area contributed by atoms with Crippen molar-refractivity contribution >= 4 is 114 Å². The fourth-order valence-electron chi connectivity index (χ4n) is 24.9. The zero-order chi connectivity index (χ0) is 99.5. The lowest BCUT2D eigenvalue weighted by atomic mass is 9.68. The van der Waals surface area contributed by atoms with Gasteiger partial charge in [-0.05, 0) is 287 Å². The van der Waals surface area contributed by atoms with Gasteiger partial charge in [-0.3, -0.25) is 4.79 Å². The maximum absolute atomic E-state index is 15.0. The van der Waals surface area contributed by atoms with Crippen LogP contribution in [0.15, 0.2) is 525 Å². The quantitative estimate of drug-likeness (QED) is 0.0580. The Morgan fingerprint density at radius 3 is 1.61 bits per heavy atom. The highest BCUT2D eigenvalue weighted by Crippen LogP contribution is 2.67. The van der Waals surface area contributed by atoms with E-state index in [4.69, 9.17) is 16.7 Å². The molecule has 5 aliphatic carbocycles. The summed E-state index contributed by atoms with van der Waals surface area (Å²) in [5, 5.41) is 11.5. The third kappa shape index (κ3) is 14.9. The Morgan fingerprint density at radius 1 is 0.387 bits per heavy atom. The molecule has 32 rings (SSSR count). The summed E-state index contributed by atoms with van der Waals surface area (Å²) >= 11 is 1.14. The van der Waals surface area contributed by atoms with Crippen molar-refractivity contribution in [1.29, 1.82) is 0 Å². The summed E-state index contributed by atoms with van der Waals surface area (Å²) in [6.07, 6.45) is 6.85. The minimum atomic E-state index is -0.681. The van der Waals surface area contributed by atoms with Crippen LogP contribution in [-0.2, 0) is 24.0 Å². The van der Waals surface area contributed by atoms with Crippen molar-refractivity contribution in [2.75, 3.05) is 16.8 Å². The second-order valence-electron chi connectivity index (χ2n) is 39.5. The summed E-state index contributed by atoms with van der Waals surface area (Å²) < 4.78 is 26.7. The van der Waals surface area contributed by atoms with Crippen molar-refractivity contribution in [2.24, 2.45) is 0 Å². The maximum atomic E-state index is 15.0. The number of rotatable bonds is 10. The van der Waals surface area contributed by atoms with Crippen LogP contribution in [0.25, 0.3) is 153 Å². The van der Waals surface area contributed by atoms with Gasteiger partial charge in [-0.2, -0.15) is 0 Å². The van der Waals surface area contributed by atoms with Gasteiger partial charge in [0.2, 0.25) is 11.4 Å². The number of ether oxygens (including phenoxy) is 1. The van der Waals surface area contributed by atoms with Crippen molar-refractivity contribution in [3.63, 3.8) is 0 Å². The van der Waals surface area contributed by atoms with Crippen LogP contribution in [0.2, 0.25) is 0 Å². The molecule has 3 aliphatic heterocycles. The number of fused-ring (bicyclic) bond motifs is 36. The molecule has 11 heteroatoms. The average molecular weight is 1960 g/mol. The first kappa shape index (κ1) is 89.5. The molecule has 0 fully saturated rings. The standard InChI is InChI=1S/C51H32O.C40H26.C15H14N2.C14H10NOS.C13H9NO2.C6H6O.Al/c52-49(31-25-27-39-37-17-5-11-23-45(37)50(47(39)29-31)41-19-7-1-13-33(41)34-14-2-8-20-42(34)50)32-26-28-40-38-18-6-12-24-46(38)51(48(40)30-32)43-21-9-3-15-35(43)36-16-4-10-22-44(36)51;1-2-9-28-22-31(17-16-27(28)8-1)33-21-20-32-23-30(18-19-34(32)24-33)29-11-7-12-35(25-29)40-26-36-10-3-4-13-37(36)38-14-5-6-15-39(38)40;1-16-13-8-4-5-9-14(13)17-12-7-3-2-6-11(12)10-15(16)17;1-3-7-12-10(5-1)14-15(9-16-12)11-6-2-4-8-13(11)17-14;15-11-7-3-1-5-9(11)13-14-10-6-2-4-8-12(10)16-13;7-6-4-2-1-3-5-6;/h1-27,29-30,40H,28H2;1-26H;2-9,15H,10H2,1H3;1-8H,9H2;1-8,15H;1-5,7H;/q;;;+1;;;+2/p-2. The predicted octanol–water partition coefficient (Wildman–Crippen LogP) is 33.7. The number of oxazole rings is 1. The number of ketones is 1. The molecular weight excluding hydrogens is 1860 g/mol. The van der Waals surface area contributed by atoms with Crippen molar-refractivity contribution in [3.05, 3.63) is 576 Å². The molecule has 9 nitrogen and oxygen atoms in total. The first-order valence-corrected chi connectivity index (χ1v) is 53.2. The van der Waals surface area contributed by atoms with Crippen LogP contribution in [-0.4, -0.2) is 39.9 Å². The molecule has 709 valence electrons. The lowest BCUT2D eigenvalue weighted by Crippen LogP contribution is -2.39. The molecule has 8 aliphatic rings. The fraction of sp³-hybridized carbons (Fsp3) is 0.0576. The number of aromatic nitrogens is 2. The molecule has 2 unspecified atom stereocenters.